The fraction of sp³-hybridized carbons (Fsp3) is 0.286. The van der Waals surface area contributed by atoms with E-state index in [0.717, 1.165) is 60.9 Å². The van der Waals surface area contributed by atoms with E-state index < -0.39 is 0 Å². The average Bonchev–Trinajstić information content (AvgIpc) is 2.70. The summed E-state index contributed by atoms with van der Waals surface area (Å²) in [6.07, 6.45) is 1.78. The highest BCUT2D eigenvalue weighted by molar-refractivity contribution is 6.31. The molecule has 1 aliphatic heterocycles. The number of halogens is 1. The van der Waals surface area contributed by atoms with Crippen LogP contribution in [0.5, 0.6) is 5.75 Å². The molecule has 1 aromatic heterocycles. The van der Waals surface area contributed by atoms with Gasteiger partial charge in [0.15, 0.2) is 0 Å². The van der Waals surface area contributed by atoms with Crippen LogP contribution in [0.3, 0.4) is 0 Å². The Kier molecular flexibility index (Phi) is 5.72. The third-order valence-electron chi connectivity index (χ3n) is 4.63. The zero-order chi connectivity index (χ0) is 18.5. The molecule has 0 aliphatic carbocycles. The topological polar surface area (TPSA) is 46.6 Å². The molecule has 0 atom stereocenters. The van der Waals surface area contributed by atoms with Crippen LogP contribution < -0.4 is 10.1 Å². The van der Waals surface area contributed by atoms with Gasteiger partial charge in [0.05, 0.1) is 24.4 Å². The van der Waals surface area contributed by atoms with Crippen molar-refractivity contribution in [2.75, 3.05) is 44.8 Å². The maximum absolute atomic E-state index is 6.09. The molecule has 140 valence electrons. The number of hydrogen-bond acceptors (Lipinski definition) is 5. The van der Waals surface area contributed by atoms with Gasteiger partial charge in [-0.3, -0.25) is 9.88 Å². The highest BCUT2D eigenvalue weighted by Gasteiger charge is 2.11. The van der Waals surface area contributed by atoms with Gasteiger partial charge in [-0.05, 0) is 36.4 Å². The average molecular weight is 384 g/mol. The van der Waals surface area contributed by atoms with Gasteiger partial charge in [0, 0.05) is 41.9 Å². The van der Waals surface area contributed by atoms with Crippen LogP contribution in [0.4, 0.5) is 11.4 Å². The van der Waals surface area contributed by atoms with Gasteiger partial charge in [0.1, 0.15) is 12.4 Å². The van der Waals surface area contributed by atoms with E-state index in [4.69, 9.17) is 21.1 Å². The van der Waals surface area contributed by atoms with E-state index in [9.17, 15) is 0 Å². The normalized spacial score (nSPS) is 15.0. The highest BCUT2D eigenvalue weighted by atomic mass is 35.5. The third kappa shape index (κ3) is 4.50. The highest BCUT2D eigenvalue weighted by Crippen LogP contribution is 2.31. The standard InChI is InChI=1S/C21H22ClN3O2/c22-16-5-6-17-18(7-8-23-20(17)15-16)24-19-3-1-2-4-21(19)27-14-11-25-9-12-26-13-10-25/h1-8,15H,9-14H2,(H,23,24). The summed E-state index contributed by atoms with van der Waals surface area (Å²) in [5.74, 6) is 0.838. The molecule has 2 heterocycles. The van der Waals surface area contributed by atoms with Crippen LogP contribution in [0.2, 0.25) is 5.02 Å². The first-order valence-electron chi connectivity index (χ1n) is 9.13. The van der Waals surface area contributed by atoms with E-state index in [0.29, 0.717) is 11.6 Å². The van der Waals surface area contributed by atoms with Crippen molar-refractivity contribution in [3.8, 4) is 5.75 Å². The molecule has 1 saturated heterocycles. The van der Waals surface area contributed by atoms with Crippen LogP contribution in [0.25, 0.3) is 10.9 Å². The van der Waals surface area contributed by atoms with Crippen LogP contribution in [0.1, 0.15) is 0 Å². The summed E-state index contributed by atoms with van der Waals surface area (Å²) in [6, 6.07) is 15.7. The molecular weight excluding hydrogens is 362 g/mol. The van der Waals surface area contributed by atoms with Gasteiger partial charge in [-0.2, -0.15) is 0 Å². The Morgan fingerprint density at radius 1 is 1.07 bits per heavy atom. The molecule has 2 aromatic carbocycles. The lowest BCUT2D eigenvalue weighted by atomic mass is 10.1. The van der Waals surface area contributed by atoms with Crippen LogP contribution >= 0.6 is 11.6 Å². The number of morpholine rings is 1. The van der Waals surface area contributed by atoms with E-state index in [1.807, 2.05) is 48.5 Å². The molecule has 5 nitrogen and oxygen atoms in total. The van der Waals surface area contributed by atoms with Gasteiger partial charge in [-0.25, -0.2) is 0 Å². The van der Waals surface area contributed by atoms with Crippen molar-refractivity contribution in [3.63, 3.8) is 0 Å². The molecule has 0 bridgehead atoms. The van der Waals surface area contributed by atoms with Crippen molar-refractivity contribution in [1.82, 2.24) is 9.88 Å². The van der Waals surface area contributed by atoms with E-state index in [1.54, 1.807) is 6.20 Å². The zero-order valence-corrected chi connectivity index (χ0v) is 15.8. The van der Waals surface area contributed by atoms with Crippen LogP contribution in [0.15, 0.2) is 54.7 Å². The van der Waals surface area contributed by atoms with Crippen molar-refractivity contribution in [3.05, 3.63) is 59.8 Å². The minimum atomic E-state index is 0.644. The van der Waals surface area contributed by atoms with E-state index >= 15 is 0 Å². The Balaban J connectivity index is 1.48. The molecule has 27 heavy (non-hydrogen) atoms. The second-order valence-electron chi connectivity index (χ2n) is 6.44. The summed E-state index contributed by atoms with van der Waals surface area (Å²) in [5, 5.41) is 5.18. The minimum Gasteiger partial charge on any atom is -0.490 e. The number of aromatic nitrogens is 1. The Morgan fingerprint density at radius 2 is 1.93 bits per heavy atom. The lowest BCUT2D eigenvalue weighted by Crippen LogP contribution is -2.38. The summed E-state index contributed by atoms with van der Waals surface area (Å²) in [6.45, 7) is 5.08. The summed E-state index contributed by atoms with van der Waals surface area (Å²) >= 11 is 6.09. The summed E-state index contributed by atoms with van der Waals surface area (Å²) in [4.78, 5) is 6.76. The molecule has 6 heteroatoms. The van der Waals surface area contributed by atoms with E-state index in [2.05, 4.69) is 15.2 Å². The lowest BCUT2D eigenvalue weighted by Gasteiger charge is -2.26. The Labute approximate surface area is 163 Å². The first kappa shape index (κ1) is 18.0. The first-order valence-corrected chi connectivity index (χ1v) is 9.50. The Bertz CT molecular complexity index is 913. The molecule has 0 unspecified atom stereocenters. The smallest absolute Gasteiger partial charge is 0.142 e. The number of pyridine rings is 1. The predicted molar refractivity (Wildman–Crippen MR) is 109 cm³/mol. The predicted octanol–water partition coefficient (Wildman–Crippen LogP) is 4.34. The number of anilines is 2. The molecular formula is C21H22ClN3O2. The molecule has 0 saturated carbocycles. The SMILES string of the molecule is Clc1ccc2c(Nc3ccccc3OCCN3CCOCC3)ccnc2c1. The number of nitrogens with zero attached hydrogens (tertiary/aromatic N) is 2. The summed E-state index contributed by atoms with van der Waals surface area (Å²) in [7, 11) is 0. The molecule has 0 radical (unpaired) electrons. The molecule has 3 aromatic rings. The Morgan fingerprint density at radius 3 is 2.81 bits per heavy atom. The van der Waals surface area contributed by atoms with Crippen molar-refractivity contribution < 1.29 is 9.47 Å². The number of para-hydroxylation sites is 2. The van der Waals surface area contributed by atoms with Crippen LogP contribution in [-0.2, 0) is 4.74 Å². The number of nitrogens with one attached hydrogen (secondary N) is 1. The fourth-order valence-electron chi connectivity index (χ4n) is 3.18. The van der Waals surface area contributed by atoms with E-state index in [-0.39, 0.29) is 0 Å². The number of rotatable bonds is 6. The summed E-state index contributed by atoms with van der Waals surface area (Å²) < 4.78 is 11.4. The fourth-order valence-corrected chi connectivity index (χ4v) is 3.35. The van der Waals surface area contributed by atoms with Crippen LogP contribution in [0, 0.1) is 0 Å². The number of hydrogen-bond donors (Lipinski definition) is 1. The molecule has 1 fully saturated rings. The maximum Gasteiger partial charge on any atom is 0.142 e. The first-order chi connectivity index (χ1) is 13.3. The summed E-state index contributed by atoms with van der Waals surface area (Å²) in [5.41, 5.74) is 2.76. The molecule has 4 rings (SSSR count). The van der Waals surface area contributed by atoms with Gasteiger partial charge in [0.25, 0.3) is 0 Å². The van der Waals surface area contributed by atoms with Crippen molar-refractivity contribution in [2.24, 2.45) is 0 Å². The molecule has 0 amide bonds. The monoisotopic (exact) mass is 383 g/mol. The van der Waals surface area contributed by atoms with Crippen molar-refractivity contribution in [1.29, 1.82) is 0 Å². The molecule has 0 spiro atoms. The van der Waals surface area contributed by atoms with Gasteiger partial charge < -0.3 is 14.8 Å². The quantitative estimate of drug-likeness (QED) is 0.686. The minimum absolute atomic E-state index is 0.644. The second kappa shape index (κ2) is 8.57. The Hall–Kier alpha value is -2.34. The van der Waals surface area contributed by atoms with Gasteiger partial charge in [0.2, 0.25) is 0 Å². The zero-order valence-electron chi connectivity index (χ0n) is 15.0. The van der Waals surface area contributed by atoms with Crippen LogP contribution in [-0.4, -0.2) is 49.3 Å². The number of benzene rings is 2. The van der Waals surface area contributed by atoms with Gasteiger partial charge >= 0.3 is 0 Å². The van der Waals surface area contributed by atoms with Gasteiger partial charge in [-0.1, -0.05) is 23.7 Å². The largest absolute Gasteiger partial charge is 0.490 e. The maximum atomic E-state index is 6.09. The van der Waals surface area contributed by atoms with Gasteiger partial charge in [-0.15, -0.1) is 0 Å². The number of ether oxygens (including phenoxy) is 2. The number of fused-ring (bicyclic) bond motifs is 1. The second-order valence-corrected chi connectivity index (χ2v) is 6.88. The third-order valence-corrected chi connectivity index (χ3v) is 4.87. The van der Waals surface area contributed by atoms with Crippen molar-refractivity contribution >= 4 is 33.9 Å². The van der Waals surface area contributed by atoms with E-state index in [1.165, 1.54) is 0 Å². The molecule has 1 aliphatic rings. The lowest BCUT2D eigenvalue weighted by molar-refractivity contribution is 0.0323. The molecule has 1 N–H and O–H groups in total. The van der Waals surface area contributed by atoms with Crippen molar-refractivity contribution in [2.45, 2.75) is 0 Å².